The van der Waals surface area contributed by atoms with Crippen molar-refractivity contribution in [3.8, 4) is 0 Å². The standard InChI is InChI=1S/C6H14N2O/c1-3-4-9-5-6(2)8-7/h8H,2-5,7H2,1H3. The van der Waals surface area contributed by atoms with E-state index in [1.807, 2.05) is 0 Å². The van der Waals surface area contributed by atoms with Crippen LogP contribution in [0.15, 0.2) is 12.3 Å². The van der Waals surface area contributed by atoms with E-state index in [4.69, 9.17) is 10.6 Å². The Kier molecular flexibility index (Phi) is 5.26. The third-order valence-electron chi connectivity index (χ3n) is 0.829. The Balaban J connectivity index is 2.97. The number of hydrogen-bond donors (Lipinski definition) is 2. The van der Waals surface area contributed by atoms with E-state index in [-0.39, 0.29) is 0 Å². The zero-order valence-electron chi connectivity index (χ0n) is 5.81. The maximum atomic E-state index is 5.09. The van der Waals surface area contributed by atoms with Crippen LogP contribution in [-0.2, 0) is 4.74 Å². The average molecular weight is 130 g/mol. The Morgan fingerprint density at radius 3 is 2.89 bits per heavy atom. The monoisotopic (exact) mass is 130 g/mol. The van der Waals surface area contributed by atoms with Crippen LogP contribution < -0.4 is 11.3 Å². The molecule has 0 rings (SSSR count). The fourth-order valence-electron chi connectivity index (χ4n) is 0.381. The van der Waals surface area contributed by atoms with Crippen molar-refractivity contribution in [3.05, 3.63) is 12.3 Å². The number of ether oxygens (including phenoxy) is 1. The number of rotatable bonds is 5. The molecule has 3 N–H and O–H groups in total. The maximum Gasteiger partial charge on any atom is 0.0869 e. The lowest BCUT2D eigenvalue weighted by Gasteiger charge is -2.03. The molecule has 3 heteroatoms. The topological polar surface area (TPSA) is 47.3 Å². The highest BCUT2D eigenvalue weighted by Gasteiger charge is 1.87. The summed E-state index contributed by atoms with van der Waals surface area (Å²) < 4.78 is 5.09. The Hall–Kier alpha value is -0.540. The van der Waals surface area contributed by atoms with Crippen molar-refractivity contribution in [2.75, 3.05) is 13.2 Å². The van der Waals surface area contributed by atoms with Gasteiger partial charge in [-0.1, -0.05) is 13.5 Å². The van der Waals surface area contributed by atoms with E-state index < -0.39 is 0 Å². The smallest absolute Gasteiger partial charge is 0.0869 e. The zero-order valence-corrected chi connectivity index (χ0v) is 5.81. The number of nitrogens with one attached hydrogen (secondary N) is 1. The number of hydrazine groups is 1. The summed E-state index contributed by atoms with van der Waals surface area (Å²) in [5.41, 5.74) is 3.12. The molecule has 0 spiro atoms. The average Bonchev–Trinajstić information content (AvgIpc) is 1.89. The van der Waals surface area contributed by atoms with Gasteiger partial charge in [-0.2, -0.15) is 0 Å². The molecule has 0 unspecified atom stereocenters. The lowest BCUT2D eigenvalue weighted by atomic mass is 10.5. The summed E-state index contributed by atoms with van der Waals surface area (Å²) in [7, 11) is 0. The number of nitrogens with two attached hydrogens (primary N) is 1. The highest BCUT2D eigenvalue weighted by atomic mass is 16.5. The second-order valence-electron chi connectivity index (χ2n) is 1.80. The van der Waals surface area contributed by atoms with Crippen LogP contribution >= 0.6 is 0 Å². The zero-order chi connectivity index (χ0) is 7.11. The lowest BCUT2D eigenvalue weighted by Crippen LogP contribution is -2.23. The van der Waals surface area contributed by atoms with Crippen molar-refractivity contribution in [1.82, 2.24) is 5.43 Å². The van der Waals surface area contributed by atoms with Gasteiger partial charge < -0.3 is 10.2 Å². The first-order valence-corrected chi connectivity index (χ1v) is 3.03. The van der Waals surface area contributed by atoms with Crippen molar-refractivity contribution in [3.63, 3.8) is 0 Å². The minimum atomic E-state index is 0.504. The van der Waals surface area contributed by atoms with Crippen LogP contribution in [0.5, 0.6) is 0 Å². The van der Waals surface area contributed by atoms with Crippen LogP contribution in [0, 0.1) is 0 Å². The molecule has 0 saturated heterocycles. The van der Waals surface area contributed by atoms with E-state index in [0.717, 1.165) is 13.0 Å². The summed E-state index contributed by atoms with van der Waals surface area (Å²) in [5, 5.41) is 0. The van der Waals surface area contributed by atoms with E-state index >= 15 is 0 Å². The van der Waals surface area contributed by atoms with Crippen LogP contribution in [-0.4, -0.2) is 13.2 Å². The van der Waals surface area contributed by atoms with Crippen LogP contribution in [0.4, 0.5) is 0 Å². The molecule has 0 aliphatic rings. The second-order valence-corrected chi connectivity index (χ2v) is 1.80. The van der Waals surface area contributed by atoms with Gasteiger partial charge in [-0.25, -0.2) is 0 Å². The molecular formula is C6H14N2O. The Labute approximate surface area is 55.8 Å². The Bertz CT molecular complexity index is 83.1. The van der Waals surface area contributed by atoms with Gasteiger partial charge in [0.2, 0.25) is 0 Å². The molecular weight excluding hydrogens is 116 g/mol. The van der Waals surface area contributed by atoms with Crippen molar-refractivity contribution in [2.24, 2.45) is 5.84 Å². The molecule has 0 aromatic heterocycles. The second kappa shape index (κ2) is 5.59. The predicted octanol–water partition coefficient (Wildman–Crippen LogP) is 0.390. The van der Waals surface area contributed by atoms with Crippen LogP contribution in [0.3, 0.4) is 0 Å². The van der Waals surface area contributed by atoms with Gasteiger partial charge in [0.15, 0.2) is 0 Å². The van der Waals surface area contributed by atoms with Crippen molar-refractivity contribution < 1.29 is 4.74 Å². The first-order chi connectivity index (χ1) is 4.31. The van der Waals surface area contributed by atoms with Gasteiger partial charge in [-0.3, -0.25) is 5.84 Å². The molecule has 0 amide bonds. The third-order valence-corrected chi connectivity index (χ3v) is 0.829. The van der Waals surface area contributed by atoms with Gasteiger partial charge >= 0.3 is 0 Å². The van der Waals surface area contributed by atoms with Gasteiger partial charge in [0.1, 0.15) is 0 Å². The molecule has 0 aromatic carbocycles. The fourth-order valence-corrected chi connectivity index (χ4v) is 0.381. The van der Waals surface area contributed by atoms with Crippen LogP contribution in [0.25, 0.3) is 0 Å². The minimum Gasteiger partial charge on any atom is -0.375 e. The quantitative estimate of drug-likeness (QED) is 0.321. The Morgan fingerprint density at radius 2 is 2.44 bits per heavy atom. The molecule has 0 fully saturated rings. The Morgan fingerprint density at radius 1 is 1.78 bits per heavy atom. The first-order valence-electron chi connectivity index (χ1n) is 3.03. The van der Waals surface area contributed by atoms with Gasteiger partial charge in [-0.05, 0) is 6.42 Å². The highest BCUT2D eigenvalue weighted by Crippen LogP contribution is 1.84. The third kappa shape index (κ3) is 5.33. The van der Waals surface area contributed by atoms with Gasteiger partial charge in [-0.15, -0.1) is 0 Å². The van der Waals surface area contributed by atoms with E-state index in [1.54, 1.807) is 0 Å². The first kappa shape index (κ1) is 8.46. The molecule has 0 bridgehead atoms. The summed E-state index contributed by atoms with van der Waals surface area (Å²) in [6.07, 6.45) is 1.03. The highest BCUT2D eigenvalue weighted by molar-refractivity contribution is 4.87. The maximum absolute atomic E-state index is 5.09. The largest absolute Gasteiger partial charge is 0.375 e. The van der Waals surface area contributed by atoms with Crippen molar-refractivity contribution >= 4 is 0 Å². The lowest BCUT2D eigenvalue weighted by molar-refractivity contribution is 0.153. The van der Waals surface area contributed by atoms with E-state index in [2.05, 4.69) is 18.9 Å². The minimum absolute atomic E-state index is 0.504. The summed E-state index contributed by atoms with van der Waals surface area (Å²) in [5.74, 6) is 5.02. The molecule has 9 heavy (non-hydrogen) atoms. The molecule has 0 atom stereocenters. The summed E-state index contributed by atoms with van der Waals surface area (Å²) >= 11 is 0. The predicted molar refractivity (Wildman–Crippen MR) is 37.6 cm³/mol. The molecule has 0 heterocycles. The normalized spacial score (nSPS) is 9.11. The SMILES string of the molecule is C=C(COCCC)NN. The van der Waals surface area contributed by atoms with Gasteiger partial charge in [0.25, 0.3) is 0 Å². The van der Waals surface area contributed by atoms with E-state index in [0.29, 0.717) is 12.3 Å². The number of hydrogen-bond acceptors (Lipinski definition) is 3. The van der Waals surface area contributed by atoms with Crippen LogP contribution in [0.2, 0.25) is 0 Å². The fraction of sp³-hybridized carbons (Fsp3) is 0.667. The molecule has 54 valence electrons. The summed E-state index contributed by atoms with van der Waals surface area (Å²) in [4.78, 5) is 0. The molecule has 0 aliphatic heterocycles. The van der Waals surface area contributed by atoms with Gasteiger partial charge in [0, 0.05) is 12.3 Å². The van der Waals surface area contributed by atoms with Gasteiger partial charge in [0.05, 0.1) is 6.61 Å². The molecule has 0 saturated carbocycles. The molecule has 0 aromatic rings. The van der Waals surface area contributed by atoms with E-state index in [1.165, 1.54) is 0 Å². The molecule has 0 radical (unpaired) electrons. The summed E-state index contributed by atoms with van der Waals surface area (Å²) in [6.45, 7) is 6.91. The van der Waals surface area contributed by atoms with Crippen molar-refractivity contribution in [1.29, 1.82) is 0 Å². The molecule has 3 nitrogen and oxygen atoms in total. The van der Waals surface area contributed by atoms with Crippen molar-refractivity contribution in [2.45, 2.75) is 13.3 Å². The van der Waals surface area contributed by atoms with Crippen LogP contribution in [0.1, 0.15) is 13.3 Å². The van der Waals surface area contributed by atoms with E-state index in [9.17, 15) is 0 Å². The summed E-state index contributed by atoms with van der Waals surface area (Å²) in [6, 6.07) is 0. The molecule has 0 aliphatic carbocycles.